The van der Waals surface area contributed by atoms with Gasteiger partial charge in [-0.2, -0.15) is 0 Å². The second-order valence-electron chi connectivity index (χ2n) is 1.28. The Morgan fingerprint density at radius 1 is 1.29 bits per heavy atom. The van der Waals surface area contributed by atoms with Crippen molar-refractivity contribution in [2.75, 3.05) is 0 Å². The van der Waals surface area contributed by atoms with Gasteiger partial charge in [-0.25, -0.2) is 3.48 Å². The summed E-state index contributed by atoms with van der Waals surface area (Å²) in [4.78, 5) is 0. The van der Waals surface area contributed by atoms with Crippen molar-refractivity contribution in [3.8, 4) is 0 Å². The molecule has 0 fully saturated rings. The van der Waals surface area contributed by atoms with Crippen molar-refractivity contribution in [3.63, 3.8) is 0 Å². The van der Waals surface area contributed by atoms with Gasteiger partial charge in [-0.15, -0.1) is 0 Å². The molecule has 0 rings (SSSR count). The summed E-state index contributed by atoms with van der Waals surface area (Å²) in [6.07, 6.45) is 0. The van der Waals surface area contributed by atoms with Crippen molar-refractivity contribution in [3.05, 3.63) is 0 Å². The van der Waals surface area contributed by atoms with Crippen LogP contribution in [0, 0.1) is 0 Å². The lowest BCUT2D eigenvalue weighted by Crippen LogP contribution is -3.00. The van der Waals surface area contributed by atoms with E-state index < -0.39 is 14.5 Å². The zero-order valence-corrected chi connectivity index (χ0v) is 9.41. The molecule has 0 saturated carbocycles. The Kier molecular flexibility index (Phi) is 23.2. The summed E-state index contributed by atoms with van der Waals surface area (Å²) < 4.78 is 5.03. The fourth-order valence-electron chi connectivity index (χ4n) is 0. The molecule has 0 aromatic rings. The molecule has 0 N–H and O–H groups in total. The van der Waals surface area contributed by atoms with Gasteiger partial charge in [-0.05, 0) is 0 Å². The van der Waals surface area contributed by atoms with Crippen molar-refractivity contribution >= 4 is 25.0 Å². The first kappa shape index (κ1) is 15.7. The van der Waals surface area contributed by atoms with Gasteiger partial charge < -0.3 is 24.8 Å². The summed E-state index contributed by atoms with van der Waals surface area (Å²) in [6.45, 7) is 0. The van der Waals surface area contributed by atoms with Gasteiger partial charge in [0.1, 0.15) is 11.6 Å². The van der Waals surface area contributed by atoms with E-state index in [1.165, 1.54) is 0 Å². The first-order valence-corrected chi connectivity index (χ1v) is 5.40. The molecular formula is C2H9AlCl2OSi. The second kappa shape index (κ2) is 10.3. The quantitative estimate of drug-likeness (QED) is 0.360. The standard InChI is InChI=1S/2CH3.Al.2ClH.H3OSi/c;;;;;1-2/h2*1H3;;2*1H;2H3/q;;+3;;;-1/p-2. The maximum absolute atomic E-state index is 5.03. The average Bonchev–Trinajstić information content (AvgIpc) is 1.38. The summed E-state index contributed by atoms with van der Waals surface area (Å²) in [5, 5.41) is 0. The molecule has 0 amide bonds. The van der Waals surface area contributed by atoms with Crippen LogP contribution < -0.4 is 24.8 Å². The molecule has 0 aromatic heterocycles. The fourth-order valence-corrected chi connectivity index (χ4v) is 0. The van der Waals surface area contributed by atoms with Crippen LogP contribution in [0.4, 0.5) is 0 Å². The monoisotopic (exact) mass is 174 g/mol. The van der Waals surface area contributed by atoms with Crippen LogP contribution in [0.2, 0.25) is 11.6 Å². The van der Waals surface area contributed by atoms with Crippen LogP contribution in [0.5, 0.6) is 0 Å². The zero-order valence-electron chi connectivity index (χ0n) is 4.74. The number of halogens is 2. The first-order chi connectivity index (χ1) is 2.27. The van der Waals surface area contributed by atoms with E-state index in [0.29, 0.717) is 0 Å². The van der Waals surface area contributed by atoms with E-state index in [9.17, 15) is 0 Å². The van der Waals surface area contributed by atoms with Gasteiger partial charge in [-0.3, -0.25) is 0 Å². The highest BCUT2D eigenvalue weighted by atomic mass is 35.5. The lowest BCUT2D eigenvalue weighted by molar-refractivity contribution is -0.00100. The molecule has 1 nitrogen and oxygen atoms in total. The van der Waals surface area contributed by atoms with Crippen LogP contribution in [0.1, 0.15) is 0 Å². The number of hydrogen-bond acceptors (Lipinski definition) is 1. The summed E-state index contributed by atoms with van der Waals surface area (Å²) >= 11 is -0.588. The molecule has 0 saturated heterocycles. The molecule has 0 spiro atoms. The molecule has 5 heteroatoms. The SMILES string of the molecule is [CH3][Al+2]([CH3])[O][SiH3].[Cl-].[Cl-]. The van der Waals surface area contributed by atoms with E-state index in [1.807, 2.05) is 0 Å². The van der Waals surface area contributed by atoms with Crippen molar-refractivity contribution < 1.29 is 28.3 Å². The van der Waals surface area contributed by atoms with Crippen LogP contribution in [-0.2, 0) is 3.48 Å². The topological polar surface area (TPSA) is 9.23 Å². The highest BCUT2D eigenvalue weighted by Gasteiger charge is 2.46. The normalized spacial score (nSPS) is 7.29. The Labute approximate surface area is 64.9 Å². The van der Waals surface area contributed by atoms with E-state index in [-0.39, 0.29) is 24.8 Å². The summed E-state index contributed by atoms with van der Waals surface area (Å²) in [6, 6.07) is 0. The third-order valence-electron chi connectivity index (χ3n) is 0.471. The Morgan fingerprint density at radius 3 is 1.43 bits per heavy atom. The molecule has 0 aromatic carbocycles. The summed E-state index contributed by atoms with van der Waals surface area (Å²) in [5.74, 6) is 4.35. The second-order valence-corrected chi connectivity index (χ2v) is 5.27. The Hall–Kier alpha value is 1.29. The minimum Gasteiger partial charge on any atom is -1.00 e. The van der Waals surface area contributed by atoms with Crippen LogP contribution in [-0.4, -0.2) is 25.0 Å². The minimum atomic E-state index is -0.588. The summed E-state index contributed by atoms with van der Waals surface area (Å²) in [7, 11) is 0.935. The largest absolute Gasteiger partial charge is 1.15 e. The predicted octanol–water partition coefficient (Wildman–Crippen LogP) is -6.46. The Bertz CT molecular complexity index is 29.7. The van der Waals surface area contributed by atoms with Crippen molar-refractivity contribution in [1.82, 2.24) is 0 Å². The molecule has 0 aliphatic heterocycles. The van der Waals surface area contributed by atoms with Crippen LogP contribution >= 0.6 is 0 Å². The molecular weight excluding hydrogens is 166 g/mol. The lowest BCUT2D eigenvalue weighted by atomic mass is 11.9. The van der Waals surface area contributed by atoms with Gasteiger partial charge in [0, 0.05) is 0 Å². The maximum atomic E-state index is 5.03. The Balaban J connectivity index is -0.0000000800. The Morgan fingerprint density at radius 2 is 1.43 bits per heavy atom. The molecule has 0 unspecified atom stereocenters. The molecule has 0 aliphatic carbocycles. The van der Waals surface area contributed by atoms with Gasteiger partial charge >= 0.3 is 14.5 Å². The van der Waals surface area contributed by atoms with E-state index in [2.05, 4.69) is 11.6 Å². The highest BCUT2D eigenvalue weighted by Crippen LogP contribution is 1.72. The van der Waals surface area contributed by atoms with Gasteiger partial charge in [0.15, 0.2) is 0 Å². The predicted molar refractivity (Wildman–Crippen MR) is 28.5 cm³/mol. The van der Waals surface area contributed by atoms with E-state index in [0.717, 1.165) is 10.5 Å². The van der Waals surface area contributed by atoms with Crippen molar-refractivity contribution in [2.24, 2.45) is 0 Å². The molecule has 0 atom stereocenters. The van der Waals surface area contributed by atoms with E-state index >= 15 is 0 Å². The fraction of sp³-hybridized carbons (Fsp3) is 1.00. The van der Waals surface area contributed by atoms with Crippen LogP contribution in [0.3, 0.4) is 0 Å². The molecule has 0 aliphatic rings. The smallest absolute Gasteiger partial charge is 1.00 e. The molecule has 0 heterocycles. The van der Waals surface area contributed by atoms with Gasteiger partial charge in [0.05, 0.1) is 0 Å². The first-order valence-electron chi connectivity index (χ1n) is 1.80. The van der Waals surface area contributed by atoms with E-state index in [1.54, 1.807) is 0 Å². The molecule has 7 heavy (non-hydrogen) atoms. The lowest BCUT2D eigenvalue weighted by Gasteiger charge is -1.51. The average molecular weight is 175 g/mol. The van der Waals surface area contributed by atoms with Gasteiger partial charge in [0.2, 0.25) is 10.5 Å². The van der Waals surface area contributed by atoms with Crippen molar-refractivity contribution in [2.45, 2.75) is 11.6 Å². The maximum Gasteiger partial charge on any atom is 1.15 e. The molecule has 44 valence electrons. The minimum absolute atomic E-state index is 0. The molecule has 0 bridgehead atoms. The number of hydrogen-bond donors (Lipinski definition) is 0. The van der Waals surface area contributed by atoms with Gasteiger partial charge in [-0.1, -0.05) is 0 Å². The molecule has 4 radical (unpaired) electrons. The zero-order chi connectivity index (χ0) is 4.28. The van der Waals surface area contributed by atoms with Crippen LogP contribution in [0.25, 0.3) is 0 Å². The third kappa shape index (κ3) is 18.8. The number of rotatable bonds is 1. The third-order valence-corrected chi connectivity index (χ3v) is 4.24. The highest BCUT2D eigenvalue weighted by molar-refractivity contribution is 6.52. The van der Waals surface area contributed by atoms with E-state index in [4.69, 9.17) is 3.48 Å². The van der Waals surface area contributed by atoms with Crippen LogP contribution in [0.15, 0.2) is 0 Å². The van der Waals surface area contributed by atoms with Gasteiger partial charge in [0.25, 0.3) is 0 Å². The van der Waals surface area contributed by atoms with Crippen molar-refractivity contribution in [1.29, 1.82) is 0 Å². The summed E-state index contributed by atoms with van der Waals surface area (Å²) in [5.41, 5.74) is 0.